The van der Waals surface area contributed by atoms with E-state index in [0.29, 0.717) is 5.41 Å². The van der Waals surface area contributed by atoms with Crippen LogP contribution in [0.5, 0.6) is 0 Å². The third kappa shape index (κ3) is 3.09. The first kappa shape index (κ1) is 13.1. The van der Waals surface area contributed by atoms with Crippen molar-refractivity contribution in [3.8, 4) is 0 Å². The maximum Gasteiger partial charge on any atom is 0.0387 e. The first-order chi connectivity index (χ1) is 8.29. The monoisotopic (exact) mass is 236 g/mol. The molecule has 17 heavy (non-hydrogen) atoms. The molecule has 1 aliphatic carbocycles. The first-order valence-corrected chi connectivity index (χ1v) is 7.46. The van der Waals surface area contributed by atoms with Crippen LogP contribution in [0.25, 0.3) is 0 Å². The van der Waals surface area contributed by atoms with Gasteiger partial charge in [0, 0.05) is 12.6 Å². The Morgan fingerprint density at radius 2 is 1.94 bits per heavy atom. The summed E-state index contributed by atoms with van der Waals surface area (Å²) in [6.45, 7) is 9.66. The lowest BCUT2D eigenvalue weighted by molar-refractivity contribution is 0.0426. The van der Waals surface area contributed by atoms with Gasteiger partial charge in [0.1, 0.15) is 0 Å². The predicted molar refractivity (Wildman–Crippen MR) is 74.8 cm³/mol. The van der Waals surface area contributed by atoms with Crippen LogP contribution < -0.4 is 0 Å². The molecule has 1 saturated heterocycles. The second-order valence-electron chi connectivity index (χ2n) is 6.07. The summed E-state index contributed by atoms with van der Waals surface area (Å²) < 4.78 is 0. The van der Waals surface area contributed by atoms with Crippen molar-refractivity contribution in [2.75, 3.05) is 19.6 Å². The molecule has 98 valence electrons. The lowest BCUT2D eigenvalue weighted by Gasteiger charge is -2.46. The largest absolute Gasteiger partial charge is 0.301 e. The van der Waals surface area contributed by atoms with E-state index in [2.05, 4.69) is 23.5 Å². The number of hydrogen-bond acceptors (Lipinski definition) is 2. The van der Waals surface area contributed by atoms with Gasteiger partial charge < -0.3 is 9.89 Å². The van der Waals surface area contributed by atoms with Gasteiger partial charge in [0.2, 0.25) is 0 Å². The van der Waals surface area contributed by atoms with Gasteiger partial charge in [0.15, 0.2) is 0 Å². The van der Waals surface area contributed by atoms with E-state index < -0.39 is 0 Å². The van der Waals surface area contributed by atoms with Gasteiger partial charge >= 0.3 is 0 Å². The summed E-state index contributed by atoms with van der Waals surface area (Å²) >= 11 is 0. The molecule has 0 amide bonds. The van der Waals surface area contributed by atoms with Crippen molar-refractivity contribution in [1.29, 1.82) is 0 Å². The summed E-state index contributed by atoms with van der Waals surface area (Å²) in [6, 6.07) is 0.908. The molecule has 2 aliphatic rings. The van der Waals surface area contributed by atoms with E-state index in [1.807, 2.05) is 0 Å². The van der Waals surface area contributed by atoms with E-state index in [0.717, 1.165) is 12.6 Å². The number of hydrogen-bond donors (Lipinski definition) is 0. The Bertz CT molecular complexity index is 237. The molecule has 0 unspecified atom stereocenters. The van der Waals surface area contributed by atoms with Crippen molar-refractivity contribution >= 4 is 6.72 Å². The van der Waals surface area contributed by atoms with Gasteiger partial charge in [-0.2, -0.15) is 0 Å². The maximum atomic E-state index is 4.08. The fourth-order valence-corrected chi connectivity index (χ4v) is 3.76. The number of nitrogens with zero attached hydrogens (tertiary/aromatic N) is 2. The highest BCUT2D eigenvalue weighted by Gasteiger charge is 2.36. The maximum absolute atomic E-state index is 4.08. The normalized spacial score (nSPS) is 34.3. The topological polar surface area (TPSA) is 15.6 Å². The van der Waals surface area contributed by atoms with Crippen molar-refractivity contribution in [3.63, 3.8) is 0 Å². The zero-order chi connectivity index (χ0) is 12.1. The van der Waals surface area contributed by atoms with Crippen LogP contribution in [0.15, 0.2) is 4.99 Å². The van der Waals surface area contributed by atoms with E-state index in [4.69, 9.17) is 0 Å². The average molecular weight is 236 g/mol. The van der Waals surface area contributed by atoms with Crippen molar-refractivity contribution in [1.82, 2.24) is 4.90 Å². The predicted octanol–water partition coefficient (Wildman–Crippen LogP) is 3.51. The molecule has 0 aromatic rings. The molecule has 2 fully saturated rings. The number of rotatable bonds is 6. The molecular formula is C15H28N2. The summed E-state index contributed by atoms with van der Waals surface area (Å²) in [7, 11) is 0. The Hall–Kier alpha value is -0.370. The first-order valence-electron chi connectivity index (χ1n) is 7.46. The van der Waals surface area contributed by atoms with E-state index >= 15 is 0 Å². The molecule has 0 radical (unpaired) electrons. The molecule has 1 aliphatic heterocycles. The second-order valence-corrected chi connectivity index (χ2v) is 6.07. The highest BCUT2D eigenvalue weighted by Crippen LogP contribution is 2.44. The van der Waals surface area contributed by atoms with Crippen LogP contribution in [0.4, 0.5) is 0 Å². The SMILES string of the molecule is C=NCCC1(CCC)CCC(N2CCC2)CC1. The standard InChI is InChI=1S/C15H28N2/c1-3-7-15(10-11-16-2)8-5-14(6-9-15)17-12-4-13-17/h14H,2-13H2,1H3. The van der Waals surface area contributed by atoms with Crippen LogP contribution >= 0.6 is 0 Å². The van der Waals surface area contributed by atoms with E-state index in [9.17, 15) is 0 Å². The van der Waals surface area contributed by atoms with Crippen molar-refractivity contribution in [3.05, 3.63) is 0 Å². The molecule has 0 bridgehead atoms. The molecule has 0 aromatic heterocycles. The van der Waals surface area contributed by atoms with Crippen molar-refractivity contribution in [2.45, 2.75) is 64.3 Å². The Labute approximate surface area is 106 Å². The smallest absolute Gasteiger partial charge is 0.0387 e. The van der Waals surface area contributed by atoms with Crippen LogP contribution in [0.2, 0.25) is 0 Å². The van der Waals surface area contributed by atoms with Gasteiger partial charge in [-0.1, -0.05) is 13.3 Å². The third-order valence-electron chi connectivity index (χ3n) is 5.00. The molecular weight excluding hydrogens is 208 g/mol. The van der Waals surface area contributed by atoms with Gasteiger partial charge in [0.05, 0.1) is 0 Å². The Morgan fingerprint density at radius 1 is 1.24 bits per heavy atom. The molecule has 2 rings (SSSR count). The zero-order valence-electron chi connectivity index (χ0n) is 11.5. The Kier molecular flexibility index (Phi) is 4.61. The van der Waals surface area contributed by atoms with Crippen LogP contribution in [-0.4, -0.2) is 37.3 Å². The summed E-state index contributed by atoms with van der Waals surface area (Å²) in [6.07, 6.45) is 11.1. The molecule has 0 N–H and O–H groups in total. The zero-order valence-corrected chi connectivity index (χ0v) is 11.5. The van der Waals surface area contributed by atoms with Crippen molar-refractivity contribution < 1.29 is 0 Å². The minimum absolute atomic E-state index is 0.608. The molecule has 0 spiro atoms. The van der Waals surface area contributed by atoms with Gasteiger partial charge in [0.25, 0.3) is 0 Å². The lowest BCUT2D eigenvalue weighted by Crippen LogP contribution is -2.48. The summed E-state index contributed by atoms with van der Waals surface area (Å²) in [5.74, 6) is 0. The van der Waals surface area contributed by atoms with Gasteiger partial charge in [-0.15, -0.1) is 0 Å². The van der Waals surface area contributed by atoms with E-state index in [1.165, 1.54) is 64.5 Å². The molecule has 2 heteroatoms. The van der Waals surface area contributed by atoms with Gasteiger partial charge in [-0.25, -0.2) is 0 Å². The summed E-state index contributed by atoms with van der Waals surface area (Å²) in [5, 5.41) is 0. The van der Waals surface area contributed by atoms with Gasteiger partial charge in [-0.05, 0) is 70.2 Å². The van der Waals surface area contributed by atoms with Crippen molar-refractivity contribution in [2.24, 2.45) is 10.4 Å². The summed E-state index contributed by atoms with van der Waals surface area (Å²) in [5.41, 5.74) is 0.608. The Balaban J connectivity index is 1.84. The van der Waals surface area contributed by atoms with Gasteiger partial charge in [-0.3, -0.25) is 0 Å². The highest BCUT2D eigenvalue weighted by atomic mass is 15.2. The molecule has 1 heterocycles. The highest BCUT2D eigenvalue weighted by molar-refractivity contribution is 5.23. The quantitative estimate of drug-likeness (QED) is 0.644. The third-order valence-corrected chi connectivity index (χ3v) is 5.00. The number of likely N-dealkylation sites (tertiary alicyclic amines) is 1. The summed E-state index contributed by atoms with van der Waals surface area (Å²) in [4.78, 5) is 6.77. The minimum atomic E-state index is 0.608. The number of aliphatic imine (C=N–C) groups is 1. The fraction of sp³-hybridized carbons (Fsp3) is 0.933. The molecule has 2 nitrogen and oxygen atoms in total. The lowest BCUT2D eigenvalue weighted by atomic mass is 9.67. The van der Waals surface area contributed by atoms with Crippen LogP contribution in [-0.2, 0) is 0 Å². The Morgan fingerprint density at radius 3 is 2.41 bits per heavy atom. The van der Waals surface area contributed by atoms with Crippen LogP contribution in [0, 0.1) is 5.41 Å². The average Bonchev–Trinajstić information content (AvgIpc) is 2.28. The molecule has 1 saturated carbocycles. The van der Waals surface area contributed by atoms with E-state index in [1.54, 1.807) is 0 Å². The molecule has 0 aromatic carbocycles. The fourth-order valence-electron chi connectivity index (χ4n) is 3.76. The second kappa shape index (κ2) is 5.99. The molecule has 0 atom stereocenters. The van der Waals surface area contributed by atoms with E-state index in [-0.39, 0.29) is 0 Å². The minimum Gasteiger partial charge on any atom is -0.301 e. The van der Waals surface area contributed by atoms with Crippen LogP contribution in [0.1, 0.15) is 58.3 Å². The van der Waals surface area contributed by atoms with Crippen LogP contribution in [0.3, 0.4) is 0 Å².